The molecule has 0 atom stereocenters. The molecule has 1 aliphatic heterocycles. The largest absolute Gasteiger partial charge is 0.454 e. The third-order valence-electron chi connectivity index (χ3n) is 2.86. The minimum Gasteiger partial charge on any atom is -0.454 e. The van der Waals surface area contributed by atoms with Crippen LogP contribution in [0.2, 0.25) is 0 Å². The Morgan fingerprint density at radius 1 is 1.05 bits per heavy atom. The van der Waals surface area contributed by atoms with Gasteiger partial charge in [-0.3, -0.25) is 4.79 Å². The van der Waals surface area contributed by atoms with Crippen molar-refractivity contribution >= 4 is 11.6 Å². The lowest BCUT2D eigenvalue weighted by atomic mass is 10.1. The molecule has 0 fully saturated rings. The molecule has 96 valence electrons. The molecule has 4 nitrogen and oxygen atoms in total. The topological polar surface area (TPSA) is 47.6 Å². The van der Waals surface area contributed by atoms with Gasteiger partial charge in [0.05, 0.1) is 6.42 Å². The number of ether oxygens (including phenoxy) is 2. The molecule has 19 heavy (non-hydrogen) atoms. The van der Waals surface area contributed by atoms with E-state index in [0.717, 1.165) is 5.56 Å². The van der Waals surface area contributed by atoms with Crippen LogP contribution in [0.25, 0.3) is 0 Å². The maximum atomic E-state index is 11.9. The van der Waals surface area contributed by atoms with Crippen LogP contribution in [0.15, 0.2) is 48.5 Å². The predicted octanol–water partition coefficient (Wildman–Crippen LogP) is 2.60. The quantitative estimate of drug-likeness (QED) is 0.917. The van der Waals surface area contributed by atoms with Crippen LogP contribution in [0.4, 0.5) is 5.69 Å². The highest BCUT2D eigenvalue weighted by Crippen LogP contribution is 2.34. The van der Waals surface area contributed by atoms with Gasteiger partial charge < -0.3 is 14.8 Å². The van der Waals surface area contributed by atoms with Crippen molar-refractivity contribution < 1.29 is 14.3 Å². The summed E-state index contributed by atoms with van der Waals surface area (Å²) < 4.78 is 10.5. The molecular weight excluding hydrogens is 242 g/mol. The first kappa shape index (κ1) is 11.6. The van der Waals surface area contributed by atoms with E-state index in [1.54, 1.807) is 18.2 Å². The molecule has 0 radical (unpaired) electrons. The second-order valence-electron chi connectivity index (χ2n) is 4.28. The van der Waals surface area contributed by atoms with Gasteiger partial charge in [-0.2, -0.15) is 0 Å². The Kier molecular flexibility index (Phi) is 3.06. The summed E-state index contributed by atoms with van der Waals surface area (Å²) >= 11 is 0. The Balaban J connectivity index is 1.66. The second-order valence-corrected chi connectivity index (χ2v) is 4.28. The third kappa shape index (κ3) is 2.68. The van der Waals surface area contributed by atoms with E-state index in [2.05, 4.69) is 5.32 Å². The Labute approximate surface area is 111 Å². The van der Waals surface area contributed by atoms with E-state index in [-0.39, 0.29) is 12.7 Å². The zero-order valence-corrected chi connectivity index (χ0v) is 10.3. The number of carbonyl (C=O) groups is 1. The number of carbonyl (C=O) groups excluding carboxylic acids is 1. The Morgan fingerprint density at radius 3 is 2.68 bits per heavy atom. The smallest absolute Gasteiger partial charge is 0.231 e. The maximum absolute atomic E-state index is 11.9. The summed E-state index contributed by atoms with van der Waals surface area (Å²) in [6.45, 7) is 0.233. The zero-order chi connectivity index (χ0) is 13.1. The van der Waals surface area contributed by atoms with Gasteiger partial charge in [0.25, 0.3) is 0 Å². The second kappa shape index (κ2) is 5.02. The van der Waals surface area contributed by atoms with Gasteiger partial charge in [-0.25, -0.2) is 0 Å². The molecule has 0 aromatic heterocycles. The van der Waals surface area contributed by atoms with E-state index in [1.807, 2.05) is 30.3 Å². The molecule has 1 amide bonds. The first-order valence-corrected chi connectivity index (χ1v) is 6.05. The Bertz CT molecular complexity index is 596. The van der Waals surface area contributed by atoms with E-state index in [1.165, 1.54) is 0 Å². The number of hydrogen-bond acceptors (Lipinski definition) is 3. The van der Waals surface area contributed by atoms with Gasteiger partial charge in [0.2, 0.25) is 12.7 Å². The minimum absolute atomic E-state index is 0.0509. The number of amides is 1. The van der Waals surface area contributed by atoms with Crippen molar-refractivity contribution in [1.82, 2.24) is 0 Å². The summed E-state index contributed by atoms with van der Waals surface area (Å²) in [6, 6.07) is 15.0. The van der Waals surface area contributed by atoms with Crippen molar-refractivity contribution in [2.45, 2.75) is 6.42 Å². The number of hydrogen-bond donors (Lipinski definition) is 1. The van der Waals surface area contributed by atoms with Crippen molar-refractivity contribution in [3.05, 3.63) is 54.1 Å². The Hall–Kier alpha value is -2.49. The lowest BCUT2D eigenvalue weighted by molar-refractivity contribution is -0.115. The molecule has 0 unspecified atom stereocenters. The normalized spacial score (nSPS) is 12.2. The van der Waals surface area contributed by atoms with Crippen molar-refractivity contribution in [1.29, 1.82) is 0 Å². The minimum atomic E-state index is -0.0509. The molecule has 4 heteroatoms. The summed E-state index contributed by atoms with van der Waals surface area (Å²) in [5.41, 5.74) is 1.70. The summed E-state index contributed by atoms with van der Waals surface area (Å²) in [7, 11) is 0. The number of anilines is 1. The summed E-state index contributed by atoms with van der Waals surface area (Å²) in [5, 5.41) is 2.85. The number of fused-ring (bicyclic) bond motifs is 1. The van der Waals surface area contributed by atoms with Gasteiger partial charge in [0.15, 0.2) is 11.5 Å². The van der Waals surface area contributed by atoms with Crippen LogP contribution < -0.4 is 14.8 Å². The van der Waals surface area contributed by atoms with Crippen LogP contribution in [-0.2, 0) is 11.2 Å². The van der Waals surface area contributed by atoms with E-state index < -0.39 is 0 Å². The highest BCUT2D eigenvalue weighted by Gasteiger charge is 2.14. The van der Waals surface area contributed by atoms with Crippen LogP contribution in [0, 0.1) is 0 Å². The number of benzene rings is 2. The van der Waals surface area contributed by atoms with Crippen LogP contribution in [0.3, 0.4) is 0 Å². The SMILES string of the molecule is O=C(Cc1ccccc1)Nc1ccc2c(c1)OCO2. The summed E-state index contributed by atoms with van der Waals surface area (Å²) in [6.07, 6.45) is 0.356. The van der Waals surface area contributed by atoms with Crippen molar-refractivity contribution in [2.24, 2.45) is 0 Å². The molecule has 3 rings (SSSR count). The van der Waals surface area contributed by atoms with Gasteiger partial charge in [-0.05, 0) is 17.7 Å². The summed E-state index contributed by atoms with van der Waals surface area (Å²) in [5.74, 6) is 1.32. The standard InChI is InChI=1S/C15H13NO3/c17-15(8-11-4-2-1-3-5-11)16-12-6-7-13-14(9-12)19-10-18-13/h1-7,9H,8,10H2,(H,16,17). The highest BCUT2D eigenvalue weighted by atomic mass is 16.7. The molecule has 1 N–H and O–H groups in total. The molecule has 2 aromatic carbocycles. The van der Waals surface area contributed by atoms with Crippen LogP contribution in [0.5, 0.6) is 11.5 Å². The molecule has 2 aromatic rings. The predicted molar refractivity (Wildman–Crippen MR) is 71.3 cm³/mol. The van der Waals surface area contributed by atoms with Crippen LogP contribution in [0.1, 0.15) is 5.56 Å². The highest BCUT2D eigenvalue weighted by molar-refractivity contribution is 5.92. The van der Waals surface area contributed by atoms with E-state index in [4.69, 9.17) is 9.47 Å². The van der Waals surface area contributed by atoms with E-state index in [0.29, 0.717) is 23.6 Å². The number of nitrogens with one attached hydrogen (secondary N) is 1. The van der Waals surface area contributed by atoms with Crippen molar-refractivity contribution in [3.8, 4) is 11.5 Å². The molecule has 0 spiro atoms. The first-order valence-electron chi connectivity index (χ1n) is 6.05. The van der Waals surface area contributed by atoms with Gasteiger partial charge in [-0.1, -0.05) is 30.3 Å². The van der Waals surface area contributed by atoms with Gasteiger partial charge in [0.1, 0.15) is 0 Å². The Morgan fingerprint density at radius 2 is 1.84 bits per heavy atom. The molecule has 1 aliphatic rings. The number of rotatable bonds is 3. The van der Waals surface area contributed by atoms with Gasteiger partial charge >= 0.3 is 0 Å². The fourth-order valence-electron chi connectivity index (χ4n) is 1.96. The van der Waals surface area contributed by atoms with Gasteiger partial charge in [-0.15, -0.1) is 0 Å². The maximum Gasteiger partial charge on any atom is 0.231 e. The lowest BCUT2D eigenvalue weighted by Gasteiger charge is -2.06. The molecular formula is C15H13NO3. The molecule has 0 saturated carbocycles. The van der Waals surface area contributed by atoms with Crippen molar-refractivity contribution in [3.63, 3.8) is 0 Å². The van der Waals surface area contributed by atoms with Gasteiger partial charge in [0, 0.05) is 11.8 Å². The summed E-state index contributed by atoms with van der Waals surface area (Å²) in [4.78, 5) is 11.9. The van der Waals surface area contributed by atoms with E-state index >= 15 is 0 Å². The average Bonchev–Trinajstić information content (AvgIpc) is 2.87. The fourth-order valence-corrected chi connectivity index (χ4v) is 1.96. The van der Waals surface area contributed by atoms with Crippen molar-refractivity contribution in [2.75, 3.05) is 12.1 Å². The molecule has 0 bridgehead atoms. The average molecular weight is 255 g/mol. The third-order valence-corrected chi connectivity index (χ3v) is 2.86. The zero-order valence-electron chi connectivity index (χ0n) is 10.3. The fraction of sp³-hybridized carbons (Fsp3) is 0.133. The molecule has 1 heterocycles. The van der Waals surface area contributed by atoms with Crippen LogP contribution >= 0.6 is 0 Å². The first-order chi connectivity index (χ1) is 9.31. The monoisotopic (exact) mass is 255 g/mol. The lowest BCUT2D eigenvalue weighted by Crippen LogP contribution is -2.14. The van der Waals surface area contributed by atoms with E-state index in [9.17, 15) is 4.79 Å². The molecule has 0 saturated heterocycles. The molecule has 0 aliphatic carbocycles. The van der Waals surface area contributed by atoms with Crippen LogP contribution in [-0.4, -0.2) is 12.7 Å².